The number of nitriles is 3. The second-order valence-electron chi connectivity index (χ2n) is 7.68. The van der Waals surface area contributed by atoms with Crippen LogP contribution in [0.25, 0.3) is 0 Å². The van der Waals surface area contributed by atoms with E-state index in [1.165, 1.54) is 0 Å². The van der Waals surface area contributed by atoms with Gasteiger partial charge in [-0.05, 0) is 37.1 Å². The third-order valence-electron chi connectivity index (χ3n) is 4.94. The number of hydrogen-bond donors (Lipinski definition) is 1. The molecular weight excluding hydrogens is 398 g/mol. The molecular formula is C22H23N5O2S. The van der Waals surface area contributed by atoms with Crippen LogP contribution in [0, 0.1) is 59.2 Å². The molecule has 0 fully saturated rings. The van der Waals surface area contributed by atoms with Crippen molar-refractivity contribution in [3.05, 3.63) is 39.9 Å². The summed E-state index contributed by atoms with van der Waals surface area (Å²) < 4.78 is 0. The molecule has 7 nitrogen and oxygen atoms in total. The molecule has 1 N–H and O–H groups in total. The Balaban J connectivity index is 2.29. The van der Waals surface area contributed by atoms with Crippen molar-refractivity contribution in [2.45, 2.75) is 34.1 Å². The van der Waals surface area contributed by atoms with E-state index in [-0.39, 0.29) is 30.2 Å². The minimum Gasteiger partial charge on any atom is -0.319 e. The van der Waals surface area contributed by atoms with Crippen LogP contribution in [0.2, 0.25) is 0 Å². The Kier molecular flexibility index (Phi) is 7.27. The third kappa shape index (κ3) is 4.82. The molecule has 0 spiro atoms. The lowest BCUT2D eigenvalue weighted by molar-refractivity contribution is -0.125. The molecule has 0 radical (unpaired) electrons. The van der Waals surface area contributed by atoms with Crippen LogP contribution in [0.1, 0.15) is 31.4 Å². The molecule has 0 unspecified atom stereocenters. The summed E-state index contributed by atoms with van der Waals surface area (Å²) in [6.45, 7) is 7.48. The highest BCUT2D eigenvalue weighted by molar-refractivity contribution is 8.03. The molecule has 1 atom stereocenters. The lowest BCUT2D eigenvalue weighted by Gasteiger charge is -2.34. The normalized spacial score (nSPS) is 17.4. The van der Waals surface area contributed by atoms with E-state index in [0.29, 0.717) is 10.7 Å². The van der Waals surface area contributed by atoms with Gasteiger partial charge >= 0.3 is 0 Å². The van der Waals surface area contributed by atoms with Crippen molar-refractivity contribution in [2.75, 3.05) is 17.2 Å². The third-order valence-corrected chi connectivity index (χ3v) is 5.93. The van der Waals surface area contributed by atoms with E-state index in [2.05, 4.69) is 17.5 Å². The van der Waals surface area contributed by atoms with E-state index in [1.807, 2.05) is 38.1 Å². The van der Waals surface area contributed by atoms with Gasteiger partial charge in [0.05, 0.1) is 41.0 Å². The van der Waals surface area contributed by atoms with E-state index in [4.69, 9.17) is 5.26 Å². The number of thioether (sulfide) groups is 1. The lowest BCUT2D eigenvalue weighted by atomic mass is 9.72. The number of amides is 2. The van der Waals surface area contributed by atoms with Gasteiger partial charge < -0.3 is 10.2 Å². The number of hydrogen-bond acceptors (Lipinski definition) is 6. The van der Waals surface area contributed by atoms with Gasteiger partial charge in [-0.25, -0.2) is 0 Å². The Labute approximate surface area is 181 Å². The Morgan fingerprint density at radius 2 is 1.83 bits per heavy atom. The molecule has 1 aromatic carbocycles. The number of allylic oxidation sites excluding steroid dienone is 1. The number of carbonyl (C=O) groups is 2. The van der Waals surface area contributed by atoms with Gasteiger partial charge in [0.25, 0.3) is 0 Å². The van der Waals surface area contributed by atoms with Gasteiger partial charge in [-0.3, -0.25) is 9.59 Å². The number of aryl methyl sites for hydroxylation is 2. The molecule has 2 rings (SSSR count). The quantitative estimate of drug-likeness (QED) is 0.752. The number of rotatable bonds is 6. The predicted molar refractivity (Wildman–Crippen MR) is 115 cm³/mol. The number of anilines is 1. The monoisotopic (exact) mass is 421 g/mol. The van der Waals surface area contributed by atoms with Crippen molar-refractivity contribution in [3.63, 3.8) is 0 Å². The van der Waals surface area contributed by atoms with E-state index in [0.717, 1.165) is 22.9 Å². The maximum atomic E-state index is 13.0. The molecule has 1 aliphatic rings. The molecule has 0 saturated carbocycles. The summed E-state index contributed by atoms with van der Waals surface area (Å²) in [6.07, 6.45) is 0.184. The van der Waals surface area contributed by atoms with Crippen LogP contribution in [0.4, 0.5) is 5.69 Å². The Hall–Kier alpha value is -3.28. The van der Waals surface area contributed by atoms with Crippen LogP contribution < -0.4 is 10.2 Å². The Morgan fingerprint density at radius 3 is 2.37 bits per heavy atom. The van der Waals surface area contributed by atoms with Crippen LogP contribution in [0.5, 0.6) is 0 Å². The van der Waals surface area contributed by atoms with Crippen LogP contribution in [-0.2, 0) is 9.59 Å². The zero-order valence-corrected chi connectivity index (χ0v) is 18.3. The van der Waals surface area contributed by atoms with Crippen LogP contribution in [0.3, 0.4) is 0 Å². The number of benzene rings is 1. The average Bonchev–Trinajstić information content (AvgIpc) is 2.65. The SMILES string of the molecule is Cc1cc(C)cc(N(CCC#N)C(=O)CSC2=C(C#N)C(C)(C)[C@H](C#N)C(=O)N2)c1. The number of carbonyl (C=O) groups excluding carboxylic acids is 2. The van der Waals surface area contributed by atoms with Crippen LogP contribution >= 0.6 is 11.8 Å². The summed E-state index contributed by atoms with van der Waals surface area (Å²) in [7, 11) is 0. The van der Waals surface area contributed by atoms with Gasteiger partial charge in [0.15, 0.2) is 0 Å². The highest BCUT2D eigenvalue weighted by atomic mass is 32.2. The first-order valence-electron chi connectivity index (χ1n) is 9.39. The second kappa shape index (κ2) is 9.48. The zero-order chi connectivity index (χ0) is 22.5. The molecule has 1 aromatic rings. The van der Waals surface area contributed by atoms with Gasteiger partial charge in [0, 0.05) is 17.6 Å². The van der Waals surface area contributed by atoms with Crippen LogP contribution in [0.15, 0.2) is 28.8 Å². The fraction of sp³-hybridized carbons (Fsp3) is 0.409. The van der Waals surface area contributed by atoms with Crippen molar-refractivity contribution in [2.24, 2.45) is 11.3 Å². The van der Waals surface area contributed by atoms with E-state index < -0.39 is 17.2 Å². The van der Waals surface area contributed by atoms with Crippen molar-refractivity contribution in [3.8, 4) is 18.2 Å². The topological polar surface area (TPSA) is 121 Å². The zero-order valence-electron chi connectivity index (χ0n) is 17.4. The Morgan fingerprint density at radius 1 is 1.20 bits per heavy atom. The largest absolute Gasteiger partial charge is 0.319 e. The van der Waals surface area contributed by atoms with Crippen molar-refractivity contribution in [1.82, 2.24) is 5.32 Å². The summed E-state index contributed by atoms with van der Waals surface area (Å²) >= 11 is 1.06. The standard InChI is InChI=1S/C22H23N5O2S/c1-14-8-15(2)10-16(9-14)27(7-5-6-23)19(28)13-30-21-18(12-25)22(3,4)17(11-24)20(29)26-21/h8-10,17H,5,7,13H2,1-4H3,(H,26,29)/t17-/m1/s1. The molecule has 1 heterocycles. The van der Waals surface area contributed by atoms with Crippen molar-refractivity contribution < 1.29 is 9.59 Å². The minimum absolute atomic E-state index is 0.0213. The van der Waals surface area contributed by atoms with E-state index in [9.17, 15) is 20.1 Å². The lowest BCUT2D eigenvalue weighted by Crippen LogP contribution is -2.44. The molecule has 2 amide bonds. The first-order chi connectivity index (χ1) is 14.1. The maximum Gasteiger partial charge on any atom is 0.243 e. The first-order valence-corrected chi connectivity index (χ1v) is 10.4. The minimum atomic E-state index is -0.977. The molecule has 154 valence electrons. The highest BCUT2D eigenvalue weighted by Crippen LogP contribution is 2.41. The molecule has 0 aliphatic carbocycles. The van der Waals surface area contributed by atoms with Gasteiger partial charge in [-0.15, -0.1) is 0 Å². The molecule has 0 saturated heterocycles. The van der Waals surface area contributed by atoms with Gasteiger partial charge in [-0.1, -0.05) is 31.7 Å². The summed E-state index contributed by atoms with van der Waals surface area (Å²) in [4.78, 5) is 26.9. The maximum absolute atomic E-state index is 13.0. The van der Waals surface area contributed by atoms with Crippen molar-refractivity contribution in [1.29, 1.82) is 15.8 Å². The second-order valence-corrected chi connectivity index (χ2v) is 8.66. The first kappa shape index (κ1) is 23.0. The van der Waals surface area contributed by atoms with Gasteiger partial charge in [0.1, 0.15) is 5.92 Å². The molecule has 0 bridgehead atoms. The summed E-state index contributed by atoms with van der Waals surface area (Å²) in [5.41, 5.74) is 2.05. The van der Waals surface area contributed by atoms with E-state index >= 15 is 0 Å². The number of nitrogens with one attached hydrogen (secondary N) is 1. The summed E-state index contributed by atoms with van der Waals surface area (Å²) in [5.74, 6) is -1.71. The van der Waals surface area contributed by atoms with Crippen molar-refractivity contribution >= 4 is 29.3 Å². The summed E-state index contributed by atoms with van der Waals surface area (Å²) in [6, 6.07) is 11.9. The van der Waals surface area contributed by atoms with Gasteiger partial charge in [0.2, 0.25) is 11.8 Å². The Bertz CT molecular complexity index is 1000. The predicted octanol–water partition coefficient (Wildman–Crippen LogP) is 3.31. The summed E-state index contributed by atoms with van der Waals surface area (Å²) in [5, 5.41) is 30.8. The fourth-order valence-electron chi connectivity index (χ4n) is 3.41. The van der Waals surface area contributed by atoms with E-state index in [1.54, 1.807) is 18.7 Å². The highest BCUT2D eigenvalue weighted by Gasteiger charge is 2.44. The smallest absolute Gasteiger partial charge is 0.243 e. The number of nitrogens with zero attached hydrogens (tertiary/aromatic N) is 4. The van der Waals surface area contributed by atoms with Crippen LogP contribution in [-0.4, -0.2) is 24.1 Å². The fourth-order valence-corrected chi connectivity index (χ4v) is 4.46. The molecule has 0 aromatic heterocycles. The molecule has 8 heteroatoms. The molecule has 1 aliphatic heterocycles. The van der Waals surface area contributed by atoms with Gasteiger partial charge in [-0.2, -0.15) is 15.8 Å². The molecule has 30 heavy (non-hydrogen) atoms. The average molecular weight is 422 g/mol.